The van der Waals surface area contributed by atoms with Crippen LogP contribution in [-0.2, 0) is 0 Å². The molecule has 0 bridgehead atoms. The number of nitrogens with one attached hydrogen (secondary N) is 1. The minimum Gasteiger partial charge on any atom is -0.467 e. The van der Waals surface area contributed by atoms with Crippen LogP contribution >= 0.6 is 12.2 Å². The van der Waals surface area contributed by atoms with Gasteiger partial charge in [0.2, 0.25) is 0 Å². The lowest BCUT2D eigenvalue weighted by Crippen LogP contribution is -2.15. The zero-order valence-electron chi connectivity index (χ0n) is 9.38. The van der Waals surface area contributed by atoms with Crippen LogP contribution in [0.2, 0.25) is 0 Å². The highest BCUT2D eigenvalue weighted by Gasteiger charge is 2.11. The molecule has 0 aromatic carbocycles. The molecule has 2 aromatic heterocycles. The number of nitrogens with two attached hydrogens (primary N) is 1. The summed E-state index contributed by atoms with van der Waals surface area (Å²) in [6.45, 7) is 2.00. The summed E-state index contributed by atoms with van der Waals surface area (Å²) in [7, 11) is 0. The van der Waals surface area contributed by atoms with E-state index in [1.165, 1.54) is 0 Å². The number of rotatable bonds is 4. The first-order chi connectivity index (χ1) is 8.18. The Morgan fingerprint density at radius 3 is 3.00 bits per heavy atom. The van der Waals surface area contributed by atoms with Crippen molar-refractivity contribution in [3.05, 3.63) is 48.2 Å². The van der Waals surface area contributed by atoms with Gasteiger partial charge in [-0.05, 0) is 25.1 Å². The lowest BCUT2D eigenvalue weighted by Gasteiger charge is -2.15. The standard InChI is InChI=1S/C12H13N3OS/c1-8(11-3-2-6-16-11)15-10-7-14-5-4-9(10)12(13)17/h2-8,15H,1H3,(H2,13,17). The summed E-state index contributed by atoms with van der Waals surface area (Å²) < 4.78 is 5.32. The van der Waals surface area contributed by atoms with Crippen molar-refractivity contribution in [3.8, 4) is 0 Å². The zero-order chi connectivity index (χ0) is 12.3. The molecule has 0 fully saturated rings. The van der Waals surface area contributed by atoms with Gasteiger partial charge in [-0.2, -0.15) is 0 Å². The van der Waals surface area contributed by atoms with Gasteiger partial charge in [0.25, 0.3) is 0 Å². The van der Waals surface area contributed by atoms with E-state index in [4.69, 9.17) is 22.4 Å². The molecule has 2 aromatic rings. The van der Waals surface area contributed by atoms with E-state index < -0.39 is 0 Å². The minimum atomic E-state index is 0.0299. The number of anilines is 1. The average Bonchev–Trinajstić information content (AvgIpc) is 2.83. The maximum atomic E-state index is 5.65. The van der Waals surface area contributed by atoms with Crippen molar-refractivity contribution in [1.29, 1.82) is 0 Å². The fourth-order valence-electron chi connectivity index (χ4n) is 1.57. The molecule has 4 nitrogen and oxygen atoms in total. The number of nitrogens with zero attached hydrogens (tertiary/aromatic N) is 1. The first kappa shape index (κ1) is 11.6. The van der Waals surface area contributed by atoms with Crippen LogP contribution in [-0.4, -0.2) is 9.97 Å². The van der Waals surface area contributed by atoms with Crippen molar-refractivity contribution in [3.63, 3.8) is 0 Å². The molecule has 0 spiro atoms. The number of aromatic nitrogens is 1. The molecule has 5 heteroatoms. The molecule has 0 aliphatic rings. The lowest BCUT2D eigenvalue weighted by molar-refractivity contribution is 0.490. The average molecular weight is 247 g/mol. The molecule has 0 radical (unpaired) electrons. The molecule has 17 heavy (non-hydrogen) atoms. The van der Waals surface area contributed by atoms with Crippen molar-refractivity contribution in [2.24, 2.45) is 5.73 Å². The van der Waals surface area contributed by atoms with Crippen molar-refractivity contribution in [2.75, 3.05) is 5.32 Å². The van der Waals surface area contributed by atoms with Gasteiger partial charge in [0.05, 0.1) is 24.2 Å². The molecule has 0 saturated heterocycles. The third-order valence-electron chi connectivity index (χ3n) is 2.43. The number of furan rings is 1. The fraction of sp³-hybridized carbons (Fsp3) is 0.167. The largest absolute Gasteiger partial charge is 0.467 e. The minimum absolute atomic E-state index is 0.0299. The summed E-state index contributed by atoms with van der Waals surface area (Å²) in [5.74, 6) is 0.850. The van der Waals surface area contributed by atoms with E-state index in [2.05, 4.69) is 10.3 Å². The summed E-state index contributed by atoms with van der Waals surface area (Å²) in [6, 6.07) is 5.58. The Morgan fingerprint density at radius 2 is 2.35 bits per heavy atom. The van der Waals surface area contributed by atoms with Gasteiger partial charge >= 0.3 is 0 Å². The number of thiocarbonyl (C=S) groups is 1. The summed E-state index contributed by atoms with van der Waals surface area (Å²) in [5.41, 5.74) is 7.24. The normalized spacial score (nSPS) is 12.1. The lowest BCUT2D eigenvalue weighted by atomic mass is 10.2. The van der Waals surface area contributed by atoms with Crippen LogP contribution in [0.15, 0.2) is 41.3 Å². The van der Waals surface area contributed by atoms with Crippen molar-refractivity contribution in [2.45, 2.75) is 13.0 Å². The molecule has 2 heterocycles. The Kier molecular flexibility index (Phi) is 3.39. The molecule has 0 aliphatic heterocycles. The van der Waals surface area contributed by atoms with Crippen LogP contribution in [0.5, 0.6) is 0 Å². The highest BCUT2D eigenvalue weighted by atomic mass is 32.1. The maximum absolute atomic E-state index is 5.65. The van der Waals surface area contributed by atoms with Gasteiger partial charge in [0.15, 0.2) is 0 Å². The Labute approximate surface area is 105 Å². The van der Waals surface area contributed by atoms with Gasteiger partial charge in [-0.3, -0.25) is 4.98 Å². The number of pyridine rings is 1. The smallest absolute Gasteiger partial charge is 0.125 e. The highest BCUT2D eigenvalue weighted by Crippen LogP contribution is 2.21. The molecular formula is C12H13N3OS. The molecule has 0 amide bonds. The van der Waals surface area contributed by atoms with E-state index in [-0.39, 0.29) is 6.04 Å². The molecule has 0 aliphatic carbocycles. The topological polar surface area (TPSA) is 64.1 Å². The van der Waals surface area contributed by atoms with Crippen LogP contribution in [0.1, 0.15) is 24.3 Å². The molecule has 1 atom stereocenters. The molecule has 1 unspecified atom stereocenters. The SMILES string of the molecule is CC(Nc1cnccc1C(N)=S)c1ccco1. The van der Waals surface area contributed by atoms with E-state index in [0.29, 0.717) is 4.99 Å². The van der Waals surface area contributed by atoms with Gasteiger partial charge in [-0.25, -0.2) is 0 Å². The van der Waals surface area contributed by atoms with Crippen LogP contribution in [0.3, 0.4) is 0 Å². The first-order valence-electron chi connectivity index (χ1n) is 5.22. The Morgan fingerprint density at radius 1 is 1.53 bits per heavy atom. The quantitative estimate of drug-likeness (QED) is 0.813. The molecular weight excluding hydrogens is 234 g/mol. The second-order valence-electron chi connectivity index (χ2n) is 3.67. The third kappa shape index (κ3) is 2.62. The molecule has 2 rings (SSSR count). The number of hydrogen-bond acceptors (Lipinski definition) is 4. The van der Waals surface area contributed by atoms with Gasteiger partial charge in [0.1, 0.15) is 10.7 Å². The van der Waals surface area contributed by atoms with E-state index in [1.54, 1.807) is 24.7 Å². The third-order valence-corrected chi connectivity index (χ3v) is 2.65. The van der Waals surface area contributed by atoms with E-state index in [1.807, 2.05) is 19.1 Å². The summed E-state index contributed by atoms with van der Waals surface area (Å²) in [4.78, 5) is 4.40. The summed E-state index contributed by atoms with van der Waals surface area (Å²) in [5, 5.41) is 3.27. The second kappa shape index (κ2) is 4.97. The van der Waals surface area contributed by atoms with Crippen molar-refractivity contribution >= 4 is 22.9 Å². The summed E-state index contributed by atoms with van der Waals surface area (Å²) in [6.07, 6.45) is 5.01. The van der Waals surface area contributed by atoms with E-state index >= 15 is 0 Å². The molecule has 3 N–H and O–H groups in total. The van der Waals surface area contributed by atoms with Crippen molar-refractivity contribution < 1.29 is 4.42 Å². The van der Waals surface area contributed by atoms with Gasteiger partial charge in [-0.15, -0.1) is 0 Å². The Balaban J connectivity index is 2.21. The summed E-state index contributed by atoms with van der Waals surface area (Å²) >= 11 is 4.99. The van der Waals surface area contributed by atoms with Crippen LogP contribution in [0.25, 0.3) is 0 Å². The highest BCUT2D eigenvalue weighted by molar-refractivity contribution is 7.80. The Hall–Kier alpha value is -1.88. The number of hydrogen-bond donors (Lipinski definition) is 2. The van der Waals surface area contributed by atoms with Gasteiger partial charge in [-0.1, -0.05) is 12.2 Å². The van der Waals surface area contributed by atoms with E-state index in [9.17, 15) is 0 Å². The predicted octanol–water partition coefficient (Wildman–Crippen LogP) is 2.48. The van der Waals surface area contributed by atoms with Crippen molar-refractivity contribution in [1.82, 2.24) is 4.98 Å². The van der Waals surface area contributed by atoms with Crippen LogP contribution in [0, 0.1) is 0 Å². The Bertz CT molecular complexity index is 510. The van der Waals surface area contributed by atoms with Gasteiger partial charge < -0.3 is 15.5 Å². The van der Waals surface area contributed by atoms with Crippen LogP contribution < -0.4 is 11.1 Å². The molecule has 0 saturated carbocycles. The predicted molar refractivity (Wildman–Crippen MR) is 70.9 cm³/mol. The monoisotopic (exact) mass is 247 g/mol. The van der Waals surface area contributed by atoms with E-state index in [0.717, 1.165) is 17.0 Å². The zero-order valence-corrected chi connectivity index (χ0v) is 10.2. The second-order valence-corrected chi connectivity index (χ2v) is 4.11. The van der Waals surface area contributed by atoms with Gasteiger partial charge in [0, 0.05) is 11.8 Å². The fourth-order valence-corrected chi connectivity index (χ4v) is 1.74. The first-order valence-corrected chi connectivity index (χ1v) is 5.63. The molecule has 88 valence electrons. The van der Waals surface area contributed by atoms with Crippen LogP contribution in [0.4, 0.5) is 5.69 Å². The maximum Gasteiger partial charge on any atom is 0.125 e.